The first-order chi connectivity index (χ1) is 13.6. The number of aryl methyl sites for hydroxylation is 1. The summed E-state index contributed by atoms with van der Waals surface area (Å²) in [6.45, 7) is 1.98. The molecule has 0 aliphatic heterocycles. The largest absolute Gasteiger partial charge is 0.459 e. The number of carbonyl (C=O) groups is 1. The number of hydrogen-bond acceptors (Lipinski definition) is 4. The van der Waals surface area contributed by atoms with Crippen molar-refractivity contribution >= 4 is 34.3 Å². The number of rotatable bonds is 5. The van der Waals surface area contributed by atoms with Crippen molar-refractivity contribution in [1.82, 2.24) is 4.98 Å². The highest BCUT2D eigenvalue weighted by Crippen LogP contribution is 2.30. The Morgan fingerprint density at radius 2 is 1.96 bits per heavy atom. The Kier molecular flexibility index (Phi) is 5.04. The number of benzene rings is 2. The van der Waals surface area contributed by atoms with E-state index in [4.69, 9.17) is 4.42 Å². The number of aromatic nitrogens is 1. The molecule has 2 heterocycles. The number of hydrogen-bond donors (Lipinski definition) is 2. The average molecular weight is 390 g/mol. The quantitative estimate of drug-likeness (QED) is 0.472. The van der Waals surface area contributed by atoms with E-state index in [1.54, 1.807) is 30.0 Å². The molecule has 0 fully saturated rings. The molecule has 0 aliphatic carbocycles. The van der Waals surface area contributed by atoms with E-state index in [2.05, 4.69) is 10.3 Å². The normalized spacial score (nSPS) is 10.9. The maximum Gasteiger partial charge on any atom is 0.291 e. The summed E-state index contributed by atoms with van der Waals surface area (Å²) in [5.41, 5.74) is 3.45. The van der Waals surface area contributed by atoms with Crippen molar-refractivity contribution in [2.75, 3.05) is 5.32 Å². The molecule has 6 heteroatoms. The Balaban J connectivity index is 1.56. The van der Waals surface area contributed by atoms with Crippen molar-refractivity contribution < 1.29 is 9.21 Å². The highest BCUT2D eigenvalue weighted by molar-refractivity contribution is 7.98. The number of anilines is 1. The van der Waals surface area contributed by atoms with Crippen LogP contribution >= 0.6 is 11.8 Å². The maximum atomic E-state index is 12.4. The highest BCUT2D eigenvalue weighted by atomic mass is 32.2. The SMILES string of the molecule is Cc1cccc2c(=O)cc(CSc3ccccc3NC(=O)c3ccco3)[nH]c12. The lowest BCUT2D eigenvalue weighted by Crippen LogP contribution is -2.11. The second-order valence-electron chi connectivity index (χ2n) is 6.37. The third kappa shape index (κ3) is 3.73. The van der Waals surface area contributed by atoms with Gasteiger partial charge in [0.1, 0.15) is 0 Å². The number of amides is 1. The fraction of sp³-hybridized carbons (Fsp3) is 0.0909. The van der Waals surface area contributed by atoms with Gasteiger partial charge in [0.25, 0.3) is 5.91 Å². The molecule has 2 N–H and O–H groups in total. The molecule has 2 aromatic heterocycles. The van der Waals surface area contributed by atoms with Gasteiger partial charge < -0.3 is 14.7 Å². The van der Waals surface area contributed by atoms with Crippen LogP contribution in [0.5, 0.6) is 0 Å². The Morgan fingerprint density at radius 3 is 2.79 bits per heavy atom. The molecule has 4 aromatic rings. The molecular formula is C22H18N2O3S. The lowest BCUT2D eigenvalue weighted by atomic mass is 10.1. The van der Waals surface area contributed by atoms with Crippen LogP contribution in [0.15, 0.2) is 81.0 Å². The number of nitrogens with one attached hydrogen (secondary N) is 2. The minimum atomic E-state index is -0.298. The fourth-order valence-electron chi connectivity index (χ4n) is 2.99. The number of H-pyrrole nitrogens is 1. The number of pyridine rings is 1. The number of furan rings is 1. The van der Waals surface area contributed by atoms with Crippen LogP contribution in [0, 0.1) is 6.92 Å². The van der Waals surface area contributed by atoms with Crippen LogP contribution in [-0.4, -0.2) is 10.9 Å². The zero-order valence-corrected chi connectivity index (χ0v) is 16.0. The molecule has 28 heavy (non-hydrogen) atoms. The van der Waals surface area contributed by atoms with Gasteiger partial charge in [-0.1, -0.05) is 24.3 Å². The Hall–Kier alpha value is -3.25. The fourth-order valence-corrected chi connectivity index (χ4v) is 3.91. The predicted octanol–water partition coefficient (Wildman–Crippen LogP) is 4.97. The zero-order valence-electron chi connectivity index (χ0n) is 15.2. The molecule has 0 saturated carbocycles. The van der Waals surface area contributed by atoms with Crippen molar-refractivity contribution in [3.8, 4) is 0 Å². The van der Waals surface area contributed by atoms with E-state index in [0.29, 0.717) is 16.8 Å². The summed E-state index contributed by atoms with van der Waals surface area (Å²) in [7, 11) is 0. The van der Waals surface area contributed by atoms with Crippen molar-refractivity contribution in [3.63, 3.8) is 0 Å². The van der Waals surface area contributed by atoms with E-state index in [9.17, 15) is 9.59 Å². The summed E-state index contributed by atoms with van der Waals surface area (Å²) in [4.78, 5) is 29.0. The van der Waals surface area contributed by atoms with Crippen molar-refractivity contribution in [3.05, 3.63) is 94.2 Å². The molecule has 4 rings (SSSR count). The van der Waals surface area contributed by atoms with Crippen LogP contribution in [-0.2, 0) is 5.75 Å². The van der Waals surface area contributed by atoms with E-state index in [1.165, 1.54) is 6.26 Å². The molecule has 5 nitrogen and oxygen atoms in total. The molecule has 2 aromatic carbocycles. The molecular weight excluding hydrogens is 372 g/mol. The number of thioether (sulfide) groups is 1. The van der Waals surface area contributed by atoms with E-state index in [1.807, 2.05) is 49.4 Å². The van der Waals surface area contributed by atoms with Gasteiger partial charge in [0.05, 0.1) is 17.5 Å². The third-order valence-electron chi connectivity index (χ3n) is 4.39. The summed E-state index contributed by atoms with van der Waals surface area (Å²) in [5, 5.41) is 3.57. The highest BCUT2D eigenvalue weighted by Gasteiger charge is 2.12. The van der Waals surface area contributed by atoms with Crippen LogP contribution < -0.4 is 10.7 Å². The van der Waals surface area contributed by atoms with Crippen molar-refractivity contribution in [2.45, 2.75) is 17.6 Å². The maximum absolute atomic E-state index is 12.4. The molecule has 0 unspecified atom stereocenters. The number of fused-ring (bicyclic) bond motifs is 1. The second kappa shape index (κ2) is 7.78. The van der Waals surface area contributed by atoms with Gasteiger partial charge in [0, 0.05) is 27.8 Å². The van der Waals surface area contributed by atoms with Gasteiger partial charge in [-0.3, -0.25) is 9.59 Å². The van der Waals surface area contributed by atoms with E-state index in [-0.39, 0.29) is 17.1 Å². The third-order valence-corrected chi connectivity index (χ3v) is 5.51. The molecule has 0 atom stereocenters. The minimum absolute atomic E-state index is 0.00690. The minimum Gasteiger partial charge on any atom is -0.459 e. The standard InChI is InChI=1S/C22H18N2O3S/c1-14-6-4-7-16-18(25)12-15(23-21(14)16)13-28-20-10-3-2-8-17(20)24-22(26)19-9-5-11-27-19/h2-12H,13H2,1H3,(H,23,25)(H,24,26). The number of para-hydroxylation sites is 2. The summed E-state index contributed by atoms with van der Waals surface area (Å²) in [6, 6.07) is 18.2. The van der Waals surface area contributed by atoms with Crippen molar-refractivity contribution in [2.24, 2.45) is 0 Å². The summed E-state index contributed by atoms with van der Waals surface area (Å²) < 4.78 is 5.14. The second-order valence-corrected chi connectivity index (χ2v) is 7.39. The first-order valence-electron chi connectivity index (χ1n) is 8.80. The zero-order chi connectivity index (χ0) is 19.5. The Morgan fingerprint density at radius 1 is 1.11 bits per heavy atom. The number of aromatic amines is 1. The molecule has 0 radical (unpaired) electrons. The lowest BCUT2D eigenvalue weighted by Gasteiger charge is -2.11. The summed E-state index contributed by atoms with van der Waals surface area (Å²) in [6.07, 6.45) is 1.47. The van der Waals surface area contributed by atoms with Crippen LogP contribution in [0.25, 0.3) is 10.9 Å². The Bertz CT molecular complexity index is 1200. The average Bonchev–Trinajstić information content (AvgIpc) is 3.23. The number of carbonyl (C=O) groups excluding carboxylic acids is 1. The molecule has 0 aliphatic rings. The first-order valence-corrected chi connectivity index (χ1v) is 9.78. The van der Waals surface area contributed by atoms with Crippen LogP contribution in [0.1, 0.15) is 21.8 Å². The molecule has 140 valence electrons. The van der Waals surface area contributed by atoms with Gasteiger partial charge in [-0.25, -0.2) is 0 Å². The van der Waals surface area contributed by atoms with E-state index >= 15 is 0 Å². The van der Waals surface area contributed by atoms with Gasteiger partial charge in [-0.15, -0.1) is 11.8 Å². The molecule has 0 spiro atoms. The van der Waals surface area contributed by atoms with E-state index < -0.39 is 0 Å². The van der Waals surface area contributed by atoms with Gasteiger partial charge in [-0.05, 0) is 42.8 Å². The van der Waals surface area contributed by atoms with Crippen LogP contribution in [0.2, 0.25) is 0 Å². The summed E-state index contributed by atoms with van der Waals surface area (Å²) >= 11 is 1.55. The van der Waals surface area contributed by atoms with Gasteiger partial charge >= 0.3 is 0 Å². The molecule has 0 bridgehead atoms. The monoisotopic (exact) mass is 390 g/mol. The van der Waals surface area contributed by atoms with Gasteiger partial charge in [0.2, 0.25) is 0 Å². The first kappa shape index (κ1) is 18.1. The van der Waals surface area contributed by atoms with Crippen molar-refractivity contribution in [1.29, 1.82) is 0 Å². The lowest BCUT2D eigenvalue weighted by molar-refractivity contribution is 0.0996. The van der Waals surface area contributed by atoms with Crippen LogP contribution in [0.4, 0.5) is 5.69 Å². The topological polar surface area (TPSA) is 75.1 Å². The van der Waals surface area contributed by atoms with Gasteiger partial charge in [0.15, 0.2) is 11.2 Å². The van der Waals surface area contributed by atoms with E-state index in [0.717, 1.165) is 21.7 Å². The van der Waals surface area contributed by atoms with Gasteiger partial charge in [-0.2, -0.15) is 0 Å². The molecule has 0 saturated heterocycles. The Labute approximate surface area is 165 Å². The smallest absolute Gasteiger partial charge is 0.291 e. The predicted molar refractivity (Wildman–Crippen MR) is 112 cm³/mol. The van der Waals surface area contributed by atoms with Crippen LogP contribution in [0.3, 0.4) is 0 Å². The summed E-state index contributed by atoms with van der Waals surface area (Å²) in [5.74, 6) is 0.537. The molecule has 1 amide bonds.